The number of ether oxygens (including phenoxy) is 1. The Bertz CT molecular complexity index is 1660. The van der Waals surface area contributed by atoms with Gasteiger partial charge in [0.15, 0.2) is 12.3 Å². The first-order valence-corrected chi connectivity index (χ1v) is 15.0. The van der Waals surface area contributed by atoms with Crippen molar-refractivity contribution in [2.75, 3.05) is 26.2 Å². The zero-order valence-electron chi connectivity index (χ0n) is 26.7. The van der Waals surface area contributed by atoms with Crippen LogP contribution in [0.3, 0.4) is 0 Å². The molecule has 0 saturated heterocycles. The maximum atomic E-state index is 12.7. The van der Waals surface area contributed by atoms with Gasteiger partial charge in [-0.15, -0.1) is 0 Å². The molecule has 0 aliphatic heterocycles. The molecule has 0 fully saturated rings. The minimum Gasteiger partial charge on any atom is -0.508 e. The van der Waals surface area contributed by atoms with Crippen molar-refractivity contribution in [2.24, 2.45) is 5.73 Å². The smallest absolute Gasteiger partial charge is 0.341 e. The van der Waals surface area contributed by atoms with E-state index in [-0.39, 0.29) is 11.2 Å². The number of phenolic OH excluding ortho intramolecular Hbond substituents is 1. The largest absolute Gasteiger partial charge is 0.508 e. The Labute approximate surface area is 266 Å². The summed E-state index contributed by atoms with van der Waals surface area (Å²) in [6.45, 7) is 11.0. The molecule has 2 aromatic carbocycles. The number of imidazole rings is 1. The zero-order valence-corrected chi connectivity index (χ0v) is 26.7. The van der Waals surface area contributed by atoms with Gasteiger partial charge in [-0.3, -0.25) is 23.6 Å². The number of nitrogens with one attached hydrogen (secondary N) is 1. The minimum atomic E-state index is -1.06. The Morgan fingerprint density at radius 3 is 2.07 bits per heavy atom. The van der Waals surface area contributed by atoms with Gasteiger partial charge in [0.25, 0.3) is 11.5 Å². The molecular formula is C32H44N6O8. The maximum absolute atomic E-state index is 12.7. The second-order valence-corrected chi connectivity index (χ2v) is 10.2. The van der Waals surface area contributed by atoms with Gasteiger partial charge >= 0.3 is 11.7 Å². The molecule has 0 saturated carbocycles. The van der Waals surface area contributed by atoms with Crippen LogP contribution in [0.2, 0.25) is 0 Å². The topological polar surface area (TPSA) is 206 Å². The highest BCUT2D eigenvalue weighted by Crippen LogP contribution is 2.22. The SMILES string of the molecule is CC(=O)O.CCCn1c(=O)c2[nH]c(-c3ccc(OCC(=O)O)cc3)nc2n(CCC)c1=O.CCN(CCN)Cc1ccc(O)cc1. The molecule has 2 heterocycles. The summed E-state index contributed by atoms with van der Waals surface area (Å²) in [4.78, 5) is 54.8. The molecule has 46 heavy (non-hydrogen) atoms. The molecule has 2 aromatic heterocycles. The predicted molar refractivity (Wildman–Crippen MR) is 175 cm³/mol. The molecule has 4 rings (SSSR count). The minimum absolute atomic E-state index is 0.294. The number of hydrogen-bond acceptors (Lipinski definition) is 9. The lowest BCUT2D eigenvalue weighted by Gasteiger charge is -2.19. The van der Waals surface area contributed by atoms with Crippen molar-refractivity contribution in [3.63, 3.8) is 0 Å². The Morgan fingerprint density at radius 1 is 0.957 bits per heavy atom. The lowest BCUT2D eigenvalue weighted by molar-refractivity contribution is -0.139. The van der Waals surface area contributed by atoms with Gasteiger partial charge in [-0.25, -0.2) is 14.6 Å². The second kappa shape index (κ2) is 18.8. The van der Waals surface area contributed by atoms with Crippen molar-refractivity contribution < 1.29 is 29.6 Å². The third-order valence-corrected chi connectivity index (χ3v) is 6.48. The average Bonchev–Trinajstić information content (AvgIpc) is 3.47. The Balaban J connectivity index is 0.000000341. The normalized spacial score (nSPS) is 10.6. The van der Waals surface area contributed by atoms with Gasteiger partial charge in [0.05, 0.1) is 0 Å². The van der Waals surface area contributed by atoms with E-state index in [2.05, 4.69) is 21.8 Å². The molecule has 0 bridgehead atoms. The number of aromatic hydroxyl groups is 1. The quantitative estimate of drug-likeness (QED) is 0.144. The number of aryl methyl sites for hydroxylation is 1. The highest BCUT2D eigenvalue weighted by atomic mass is 16.5. The van der Waals surface area contributed by atoms with Gasteiger partial charge in [-0.05, 0) is 61.3 Å². The van der Waals surface area contributed by atoms with Crippen LogP contribution in [0.1, 0.15) is 46.1 Å². The summed E-state index contributed by atoms with van der Waals surface area (Å²) in [6.07, 6.45) is 1.41. The first-order chi connectivity index (χ1) is 21.9. The number of nitrogens with two attached hydrogens (primary N) is 1. The molecule has 0 aliphatic carbocycles. The number of aliphatic carboxylic acids is 2. The third kappa shape index (κ3) is 11.2. The van der Waals surface area contributed by atoms with Crippen LogP contribution in [0.15, 0.2) is 58.1 Å². The molecular weight excluding hydrogens is 596 g/mol. The van der Waals surface area contributed by atoms with Gasteiger partial charge in [0.1, 0.15) is 22.8 Å². The number of fused-ring (bicyclic) bond motifs is 1. The van der Waals surface area contributed by atoms with Gasteiger partial charge in [-0.1, -0.05) is 32.9 Å². The van der Waals surface area contributed by atoms with E-state index in [1.165, 1.54) is 14.7 Å². The van der Waals surface area contributed by atoms with Gasteiger partial charge < -0.3 is 30.8 Å². The molecule has 6 N–H and O–H groups in total. The maximum Gasteiger partial charge on any atom is 0.341 e. The van der Waals surface area contributed by atoms with Crippen molar-refractivity contribution in [2.45, 2.75) is 60.2 Å². The van der Waals surface area contributed by atoms with Crippen molar-refractivity contribution in [3.05, 3.63) is 74.9 Å². The van der Waals surface area contributed by atoms with E-state index in [0.717, 1.165) is 33.0 Å². The van der Waals surface area contributed by atoms with E-state index in [0.29, 0.717) is 60.1 Å². The van der Waals surface area contributed by atoms with Crippen LogP contribution in [0, 0.1) is 0 Å². The van der Waals surface area contributed by atoms with E-state index in [1.54, 1.807) is 36.4 Å². The molecule has 0 aliphatic rings. The fourth-order valence-corrected chi connectivity index (χ4v) is 4.39. The number of rotatable bonds is 13. The number of aromatic nitrogens is 4. The Kier molecular flexibility index (Phi) is 15.2. The number of carbonyl (C=O) groups is 2. The number of benzene rings is 2. The highest BCUT2D eigenvalue weighted by molar-refractivity contribution is 5.75. The van der Waals surface area contributed by atoms with Gasteiger partial charge in [0.2, 0.25) is 0 Å². The third-order valence-electron chi connectivity index (χ3n) is 6.48. The molecule has 0 unspecified atom stereocenters. The van der Waals surface area contributed by atoms with Gasteiger partial charge in [-0.2, -0.15) is 0 Å². The number of nitrogens with zero attached hydrogens (tertiary/aromatic N) is 4. The summed E-state index contributed by atoms with van der Waals surface area (Å²) in [7, 11) is 0. The van der Waals surface area contributed by atoms with Crippen molar-refractivity contribution in [1.82, 2.24) is 24.0 Å². The molecule has 0 atom stereocenters. The fourth-order valence-electron chi connectivity index (χ4n) is 4.39. The summed E-state index contributed by atoms with van der Waals surface area (Å²) in [6, 6.07) is 14.0. The van der Waals surface area contributed by atoms with E-state index < -0.39 is 18.5 Å². The summed E-state index contributed by atoms with van der Waals surface area (Å²) in [5.74, 6) is -0.708. The number of carboxylic acid groups (broad SMARTS) is 2. The van der Waals surface area contributed by atoms with E-state index in [9.17, 15) is 14.4 Å². The number of phenols is 1. The van der Waals surface area contributed by atoms with Gasteiger partial charge in [0, 0.05) is 45.2 Å². The van der Waals surface area contributed by atoms with Crippen LogP contribution in [-0.2, 0) is 29.2 Å². The molecule has 0 amide bonds. The standard InChI is InChI=1S/C19H22N4O5.C11H18N2O.C2H4O2/c1-3-9-22-17-15(18(26)23(10-4-2)19(22)27)20-16(21-17)12-5-7-13(8-6-12)28-11-14(24)25;1-2-13(8-7-12)9-10-3-5-11(14)6-4-10;1-2(3)4/h5-8H,3-4,9-11H2,1-2H3,(H,20,21)(H,24,25);3-6,14H,2,7-9,12H2,1H3;1H3,(H,3,4). The van der Waals surface area contributed by atoms with Crippen molar-refractivity contribution >= 4 is 23.1 Å². The van der Waals surface area contributed by atoms with Crippen LogP contribution < -0.4 is 21.7 Å². The lowest BCUT2D eigenvalue weighted by Crippen LogP contribution is -2.40. The van der Waals surface area contributed by atoms with Crippen LogP contribution >= 0.6 is 0 Å². The predicted octanol–water partition coefficient (Wildman–Crippen LogP) is 3.10. The first-order valence-electron chi connectivity index (χ1n) is 15.0. The Morgan fingerprint density at radius 2 is 1.54 bits per heavy atom. The Hall–Kier alpha value is -4.95. The lowest BCUT2D eigenvalue weighted by atomic mass is 10.2. The summed E-state index contributed by atoms with van der Waals surface area (Å²) in [5.41, 5.74) is 7.30. The van der Waals surface area contributed by atoms with Crippen molar-refractivity contribution in [3.8, 4) is 22.9 Å². The zero-order chi connectivity index (χ0) is 34.2. The van der Waals surface area contributed by atoms with Crippen LogP contribution in [0.5, 0.6) is 11.5 Å². The molecule has 14 heteroatoms. The molecule has 250 valence electrons. The van der Waals surface area contributed by atoms with E-state index in [1.807, 2.05) is 26.0 Å². The summed E-state index contributed by atoms with van der Waals surface area (Å²) in [5, 5.41) is 25.2. The monoisotopic (exact) mass is 640 g/mol. The fraction of sp³-hybridized carbons (Fsp3) is 0.406. The molecule has 14 nitrogen and oxygen atoms in total. The van der Waals surface area contributed by atoms with Crippen molar-refractivity contribution in [1.29, 1.82) is 0 Å². The molecule has 0 spiro atoms. The number of hydrogen-bond donors (Lipinski definition) is 5. The van der Waals surface area contributed by atoms with Crippen LogP contribution in [0.4, 0.5) is 0 Å². The first kappa shape index (κ1) is 37.2. The summed E-state index contributed by atoms with van der Waals surface area (Å²) < 4.78 is 7.88. The highest BCUT2D eigenvalue weighted by Gasteiger charge is 2.17. The number of likely N-dealkylation sites (N-methyl/N-ethyl adjacent to an activating group) is 1. The van der Waals surface area contributed by atoms with Crippen LogP contribution in [0.25, 0.3) is 22.6 Å². The summed E-state index contributed by atoms with van der Waals surface area (Å²) >= 11 is 0. The second-order valence-electron chi connectivity index (χ2n) is 10.2. The molecule has 0 radical (unpaired) electrons. The number of carboxylic acids is 2. The number of aromatic amines is 1. The molecule has 4 aromatic rings. The number of H-pyrrole nitrogens is 1. The van der Waals surface area contributed by atoms with E-state index >= 15 is 0 Å². The average molecular weight is 641 g/mol. The van der Waals surface area contributed by atoms with E-state index in [4.69, 9.17) is 30.6 Å². The van der Waals surface area contributed by atoms with Crippen LogP contribution in [-0.4, -0.2) is 77.5 Å².